The molecule has 5 nitrogen and oxygen atoms in total. The molecule has 0 aliphatic carbocycles. The van der Waals surface area contributed by atoms with Gasteiger partial charge < -0.3 is 15.4 Å². The van der Waals surface area contributed by atoms with Crippen molar-refractivity contribution in [3.05, 3.63) is 0 Å². The lowest BCUT2D eigenvalue weighted by Crippen LogP contribution is -2.55. The topological polar surface area (TPSA) is 58.8 Å². The third-order valence-electron chi connectivity index (χ3n) is 2.75. The number of carbonyl (C=O) groups excluding carboxylic acids is 1. The fourth-order valence-electron chi connectivity index (χ4n) is 1.87. The van der Waals surface area contributed by atoms with Gasteiger partial charge in [0.05, 0.1) is 13.2 Å². The van der Waals surface area contributed by atoms with E-state index < -0.39 is 18.8 Å². The maximum absolute atomic E-state index is 12.2. The lowest BCUT2D eigenvalue weighted by molar-refractivity contribution is -0.152. The number of methoxy groups -OCH3 is 1. The quantitative estimate of drug-likeness (QED) is 0.759. The molecular formula is C10H18F3N3O2. The molecule has 1 unspecified atom stereocenters. The van der Waals surface area contributed by atoms with E-state index in [4.69, 9.17) is 10.5 Å². The smallest absolute Gasteiger partial charge is 0.383 e. The van der Waals surface area contributed by atoms with Crippen LogP contribution in [-0.4, -0.2) is 74.4 Å². The Morgan fingerprint density at radius 2 is 1.89 bits per heavy atom. The standard InChI is InChI=1S/C10H18F3N3O2/c1-18-6-8(14)9(17)16-4-2-15(3-5-16)7-10(11,12)13/h8H,2-7,14H2,1H3. The minimum atomic E-state index is -4.20. The van der Waals surface area contributed by atoms with E-state index in [1.165, 1.54) is 16.9 Å². The van der Waals surface area contributed by atoms with E-state index in [0.29, 0.717) is 0 Å². The predicted molar refractivity (Wildman–Crippen MR) is 58.9 cm³/mol. The van der Waals surface area contributed by atoms with Gasteiger partial charge in [0.1, 0.15) is 6.04 Å². The Balaban J connectivity index is 2.37. The molecule has 1 aliphatic rings. The number of amides is 1. The van der Waals surface area contributed by atoms with Gasteiger partial charge >= 0.3 is 6.18 Å². The second-order valence-corrected chi connectivity index (χ2v) is 4.28. The molecule has 0 aromatic carbocycles. The number of halogens is 3. The van der Waals surface area contributed by atoms with Gasteiger partial charge in [-0.25, -0.2) is 0 Å². The molecule has 0 saturated carbocycles. The monoisotopic (exact) mass is 269 g/mol. The first-order valence-electron chi connectivity index (χ1n) is 5.66. The minimum absolute atomic E-state index is 0.113. The summed E-state index contributed by atoms with van der Waals surface area (Å²) in [6.45, 7) is 0.148. The van der Waals surface area contributed by atoms with Crippen LogP contribution >= 0.6 is 0 Å². The van der Waals surface area contributed by atoms with Gasteiger partial charge in [-0.05, 0) is 0 Å². The Hall–Kier alpha value is -0.860. The van der Waals surface area contributed by atoms with Crippen LogP contribution in [0, 0.1) is 0 Å². The average Bonchev–Trinajstić information content (AvgIpc) is 2.27. The lowest BCUT2D eigenvalue weighted by Gasteiger charge is -2.36. The molecule has 18 heavy (non-hydrogen) atoms. The number of rotatable bonds is 4. The van der Waals surface area contributed by atoms with E-state index in [9.17, 15) is 18.0 Å². The molecule has 8 heteroatoms. The van der Waals surface area contributed by atoms with E-state index in [1.54, 1.807) is 0 Å². The van der Waals surface area contributed by atoms with Gasteiger partial charge in [-0.2, -0.15) is 13.2 Å². The SMILES string of the molecule is COCC(N)C(=O)N1CCN(CC(F)(F)F)CC1. The van der Waals surface area contributed by atoms with Crippen molar-refractivity contribution in [2.45, 2.75) is 12.2 Å². The van der Waals surface area contributed by atoms with Crippen molar-refractivity contribution in [3.63, 3.8) is 0 Å². The molecule has 106 valence electrons. The summed E-state index contributed by atoms with van der Waals surface area (Å²) in [6.07, 6.45) is -4.20. The van der Waals surface area contributed by atoms with Crippen molar-refractivity contribution in [1.82, 2.24) is 9.80 Å². The van der Waals surface area contributed by atoms with Gasteiger partial charge in [-0.1, -0.05) is 0 Å². The van der Waals surface area contributed by atoms with Crippen LogP contribution in [0.1, 0.15) is 0 Å². The highest BCUT2D eigenvalue weighted by Crippen LogP contribution is 2.17. The van der Waals surface area contributed by atoms with Crippen LogP contribution in [0.5, 0.6) is 0 Å². The van der Waals surface area contributed by atoms with Crippen LogP contribution in [0.15, 0.2) is 0 Å². The average molecular weight is 269 g/mol. The summed E-state index contributed by atoms with van der Waals surface area (Å²) < 4.78 is 41.3. The molecule has 1 saturated heterocycles. The van der Waals surface area contributed by atoms with Gasteiger partial charge in [0.2, 0.25) is 5.91 Å². The second kappa shape index (κ2) is 6.35. The normalized spacial score (nSPS) is 19.9. The third kappa shape index (κ3) is 4.79. The van der Waals surface area contributed by atoms with Crippen LogP contribution in [0.4, 0.5) is 13.2 Å². The van der Waals surface area contributed by atoms with Crippen molar-refractivity contribution in [1.29, 1.82) is 0 Å². The third-order valence-corrected chi connectivity index (χ3v) is 2.75. The second-order valence-electron chi connectivity index (χ2n) is 4.28. The number of ether oxygens (including phenoxy) is 1. The highest BCUT2D eigenvalue weighted by atomic mass is 19.4. The first kappa shape index (κ1) is 15.2. The molecular weight excluding hydrogens is 251 g/mol. The summed E-state index contributed by atoms with van der Waals surface area (Å²) in [5.74, 6) is -0.275. The highest BCUT2D eigenvalue weighted by Gasteiger charge is 2.33. The van der Waals surface area contributed by atoms with Crippen LogP contribution in [0.2, 0.25) is 0 Å². The molecule has 0 bridgehead atoms. The van der Waals surface area contributed by atoms with Crippen molar-refractivity contribution >= 4 is 5.91 Å². The molecule has 1 aliphatic heterocycles. The summed E-state index contributed by atoms with van der Waals surface area (Å²) in [4.78, 5) is 14.5. The van der Waals surface area contributed by atoms with E-state index in [1.807, 2.05) is 0 Å². The van der Waals surface area contributed by atoms with Crippen LogP contribution in [0.25, 0.3) is 0 Å². The van der Waals surface area contributed by atoms with Gasteiger partial charge in [-0.15, -0.1) is 0 Å². The molecule has 1 fully saturated rings. The molecule has 0 aromatic heterocycles. The van der Waals surface area contributed by atoms with Gasteiger partial charge in [0.25, 0.3) is 0 Å². The maximum atomic E-state index is 12.2. The van der Waals surface area contributed by atoms with Gasteiger partial charge in [0, 0.05) is 33.3 Å². The Kier molecular flexibility index (Phi) is 5.36. The van der Waals surface area contributed by atoms with Crippen LogP contribution < -0.4 is 5.73 Å². The van der Waals surface area contributed by atoms with Crippen molar-refractivity contribution in [2.75, 3.05) is 46.4 Å². The van der Waals surface area contributed by atoms with Crippen LogP contribution in [0.3, 0.4) is 0 Å². The fourth-order valence-corrected chi connectivity index (χ4v) is 1.87. The van der Waals surface area contributed by atoms with E-state index in [-0.39, 0.29) is 38.7 Å². The zero-order chi connectivity index (χ0) is 13.8. The van der Waals surface area contributed by atoms with Gasteiger partial charge in [-0.3, -0.25) is 9.69 Å². The minimum Gasteiger partial charge on any atom is -0.383 e. The largest absolute Gasteiger partial charge is 0.401 e. The van der Waals surface area contributed by atoms with E-state index >= 15 is 0 Å². The summed E-state index contributed by atoms with van der Waals surface area (Å²) in [7, 11) is 1.44. The number of nitrogens with two attached hydrogens (primary N) is 1. The zero-order valence-electron chi connectivity index (χ0n) is 10.2. The summed E-state index contributed by atoms with van der Waals surface area (Å²) in [6, 6.07) is -0.746. The molecule has 1 atom stereocenters. The molecule has 1 rings (SSSR count). The number of alkyl halides is 3. The Morgan fingerprint density at radius 3 is 2.33 bits per heavy atom. The Morgan fingerprint density at radius 1 is 1.33 bits per heavy atom. The highest BCUT2D eigenvalue weighted by molar-refractivity contribution is 5.81. The first-order chi connectivity index (χ1) is 8.33. The zero-order valence-corrected chi connectivity index (χ0v) is 10.2. The summed E-state index contributed by atoms with van der Waals surface area (Å²) in [5.41, 5.74) is 5.59. The predicted octanol–water partition coefficient (Wildman–Crippen LogP) is -0.333. The first-order valence-corrected chi connectivity index (χ1v) is 5.66. The lowest BCUT2D eigenvalue weighted by atomic mass is 10.2. The van der Waals surface area contributed by atoms with Gasteiger partial charge in [0.15, 0.2) is 0 Å². The number of carbonyl (C=O) groups is 1. The molecule has 0 spiro atoms. The number of nitrogens with zero attached hydrogens (tertiary/aromatic N) is 2. The Bertz CT molecular complexity index is 278. The van der Waals surface area contributed by atoms with Crippen molar-refractivity contribution < 1.29 is 22.7 Å². The number of hydrogen-bond acceptors (Lipinski definition) is 4. The summed E-state index contributed by atoms with van der Waals surface area (Å²) in [5, 5.41) is 0. The molecule has 2 N–H and O–H groups in total. The Labute approximate surface area is 104 Å². The summed E-state index contributed by atoms with van der Waals surface area (Å²) >= 11 is 0. The van der Waals surface area contributed by atoms with Crippen LogP contribution in [-0.2, 0) is 9.53 Å². The fraction of sp³-hybridized carbons (Fsp3) is 0.900. The molecule has 1 heterocycles. The number of hydrogen-bond donors (Lipinski definition) is 1. The molecule has 0 radical (unpaired) electrons. The molecule has 1 amide bonds. The van der Waals surface area contributed by atoms with Crippen molar-refractivity contribution in [3.8, 4) is 0 Å². The number of piperazine rings is 1. The van der Waals surface area contributed by atoms with Crippen molar-refractivity contribution in [2.24, 2.45) is 5.73 Å². The van der Waals surface area contributed by atoms with E-state index in [2.05, 4.69) is 0 Å². The van der Waals surface area contributed by atoms with E-state index in [0.717, 1.165) is 0 Å². The maximum Gasteiger partial charge on any atom is 0.401 e. The molecule has 0 aromatic rings.